The third-order valence-electron chi connectivity index (χ3n) is 13.2. The molecule has 67 heavy (non-hydrogen) atoms. The molecule has 1 aliphatic carbocycles. The predicted octanol–water partition coefficient (Wildman–Crippen LogP) is 9.20. The lowest BCUT2D eigenvalue weighted by Crippen LogP contribution is -2.32. The van der Waals surface area contributed by atoms with Crippen LogP contribution < -0.4 is 25.9 Å². The van der Waals surface area contributed by atoms with Crippen molar-refractivity contribution in [2.45, 2.75) is 83.3 Å². The number of hydrogen-bond acceptors (Lipinski definition) is 9. The van der Waals surface area contributed by atoms with E-state index in [0.29, 0.717) is 49.6 Å². The van der Waals surface area contributed by atoms with Gasteiger partial charge in [0.1, 0.15) is 27.7 Å². The molecule has 1 saturated carbocycles. The quantitative estimate of drug-likeness (QED) is 0.0714. The molecule has 1 amide bonds. The molecule has 4 aromatic carbocycles. The van der Waals surface area contributed by atoms with Gasteiger partial charge in [0.15, 0.2) is 0 Å². The maximum Gasteiger partial charge on any atom is 0.352 e. The first-order chi connectivity index (χ1) is 32.3. The highest BCUT2D eigenvalue weighted by Gasteiger charge is 2.41. The molecule has 0 radical (unpaired) electrons. The minimum atomic E-state index is -1.43. The van der Waals surface area contributed by atoms with Gasteiger partial charge in [-0.15, -0.1) is 0 Å². The number of ether oxygens (including phenoxy) is 3. The van der Waals surface area contributed by atoms with Gasteiger partial charge in [0.25, 0.3) is 17.0 Å². The van der Waals surface area contributed by atoms with E-state index in [-0.39, 0.29) is 68.0 Å². The SMILES string of the molecule is CCOC(=O)C(Oc1cc(F)c(-c2c(Cl)n3n(c2=O)CCC(CC2C[C@@H]2c2ccc(C4Oc5cc(F)c(-c6c(Cl)n7n(c6=O)CCCC7)cc5NC4=O)cc2)C3)cc1[N+](=O)[O-])c1ccccc1. The van der Waals surface area contributed by atoms with Crippen molar-refractivity contribution in [3.8, 4) is 33.8 Å². The zero-order chi connectivity index (χ0) is 46.8. The average molecular weight is 956 g/mol. The second-order valence-corrected chi connectivity index (χ2v) is 18.0. The zero-order valence-electron chi connectivity index (χ0n) is 35.9. The number of carbonyl (C=O) groups excluding carboxylic acids is 2. The van der Waals surface area contributed by atoms with E-state index in [1.54, 1.807) is 46.6 Å². The average Bonchev–Trinajstić information content (AvgIpc) is 3.98. The summed E-state index contributed by atoms with van der Waals surface area (Å²) in [6.07, 6.45) is 1.60. The Kier molecular flexibility index (Phi) is 11.5. The fourth-order valence-electron chi connectivity index (χ4n) is 9.77. The van der Waals surface area contributed by atoms with Crippen molar-refractivity contribution in [1.29, 1.82) is 0 Å². The van der Waals surface area contributed by atoms with Gasteiger partial charge in [-0.05, 0) is 68.4 Å². The van der Waals surface area contributed by atoms with E-state index in [9.17, 15) is 29.3 Å². The lowest BCUT2D eigenvalue weighted by atomic mass is 9.95. The summed E-state index contributed by atoms with van der Waals surface area (Å²) < 4.78 is 54.8. The van der Waals surface area contributed by atoms with Gasteiger partial charge in [0.05, 0.1) is 28.3 Å². The van der Waals surface area contributed by atoms with Gasteiger partial charge in [-0.1, -0.05) is 77.8 Å². The normalized spacial score (nSPS) is 19.9. The molecule has 5 atom stereocenters. The zero-order valence-corrected chi connectivity index (χ0v) is 37.4. The molecule has 346 valence electrons. The minimum absolute atomic E-state index is 0.0121. The van der Waals surface area contributed by atoms with E-state index in [0.717, 1.165) is 43.4 Å². The molecule has 19 heteroatoms. The summed E-state index contributed by atoms with van der Waals surface area (Å²) in [6, 6.07) is 20.0. The molecule has 2 aromatic heterocycles. The van der Waals surface area contributed by atoms with Crippen molar-refractivity contribution in [2.75, 3.05) is 11.9 Å². The fraction of sp³-hybridized carbons (Fsp3) is 0.333. The first-order valence-corrected chi connectivity index (χ1v) is 22.8. The van der Waals surface area contributed by atoms with Crippen LogP contribution in [0, 0.1) is 33.6 Å². The van der Waals surface area contributed by atoms with Gasteiger partial charge in [0, 0.05) is 66.6 Å². The number of aromatic nitrogens is 4. The standard InChI is InChI=1S/C48H42Cl2F2N6O9/c1-2-65-48(62)42(27-8-4-3-5-9-27)67-38-23-34(52)32(21-36(38)58(63)64)40-44(50)57-24-25(14-17-56(57)47(40)61)18-29-19-30(29)26-10-12-28(13-11-26)41-45(59)53-35-20-31(33(51)22-37(35)66-41)39-43(49)54-15-6-7-16-55(54)46(39)60/h3-5,8-13,20-23,25,29-30,41-42H,2,6-7,14-19,24H2,1H3,(H,53,59)/t25?,29?,30-,41?,42?/m1/s1. The second kappa shape index (κ2) is 17.5. The number of hydrogen-bond donors (Lipinski definition) is 1. The summed E-state index contributed by atoms with van der Waals surface area (Å²) >= 11 is 13.4. The molecular weight excluding hydrogens is 913 g/mol. The van der Waals surface area contributed by atoms with Crippen molar-refractivity contribution in [1.82, 2.24) is 18.7 Å². The van der Waals surface area contributed by atoms with E-state index in [2.05, 4.69) is 5.32 Å². The van der Waals surface area contributed by atoms with Crippen LogP contribution in [0.1, 0.15) is 73.8 Å². The monoisotopic (exact) mass is 954 g/mol. The van der Waals surface area contributed by atoms with Gasteiger partial charge in [-0.25, -0.2) is 22.9 Å². The van der Waals surface area contributed by atoms with Crippen molar-refractivity contribution >= 4 is 46.5 Å². The summed E-state index contributed by atoms with van der Waals surface area (Å²) in [4.78, 5) is 64.8. The number of esters is 1. The Balaban J connectivity index is 0.810. The number of carbonyl (C=O) groups is 2. The molecule has 10 rings (SSSR count). The lowest BCUT2D eigenvalue weighted by Gasteiger charge is -2.27. The highest BCUT2D eigenvalue weighted by molar-refractivity contribution is 6.32. The summed E-state index contributed by atoms with van der Waals surface area (Å²) in [6.45, 7) is 3.33. The molecular formula is C48H42Cl2F2N6O9. The number of nitrogens with one attached hydrogen (secondary N) is 1. The maximum absolute atomic E-state index is 16.0. The van der Waals surface area contributed by atoms with E-state index < -0.39 is 57.6 Å². The highest BCUT2D eigenvalue weighted by Crippen LogP contribution is 2.52. The molecule has 3 aliphatic heterocycles. The Bertz CT molecular complexity index is 3110. The molecule has 1 N–H and O–H groups in total. The number of nitro benzene ring substituents is 1. The Labute approximate surface area is 390 Å². The van der Waals surface area contributed by atoms with Crippen molar-refractivity contribution in [3.63, 3.8) is 0 Å². The van der Waals surface area contributed by atoms with Crippen LogP contribution >= 0.6 is 23.2 Å². The smallest absolute Gasteiger partial charge is 0.352 e. The Morgan fingerprint density at radius 2 is 1.51 bits per heavy atom. The number of benzene rings is 4. The van der Waals surface area contributed by atoms with Gasteiger partial charge in [0.2, 0.25) is 18.0 Å². The number of rotatable bonds is 12. The van der Waals surface area contributed by atoms with Crippen LogP contribution in [0.3, 0.4) is 0 Å². The number of anilines is 1. The van der Waals surface area contributed by atoms with E-state index in [1.165, 1.54) is 21.5 Å². The third-order valence-corrected chi connectivity index (χ3v) is 14.0. The van der Waals surface area contributed by atoms with Crippen LogP contribution in [0.25, 0.3) is 22.3 Å². The van der Waals surface area contributed by atoms with Crippen LogP contribution in [0.4, 0.5) is 20.2 Å². The third kappa shape index (κ3) is 7.96. The molecule has 0 saturated heterocycles. The molecule has 0 spiro atoms. The molecule has 1 fully saturated rings. The van der Waals surface area contributed by atoms with E-state index in [1.807, 2.05) is 24.3 Å². The first kappa shape index (κ1) is 44.1. The van der Waals surface area contributed by atoms with Gasteiger partial charge in [-0.3, -0.25) is 33.9 Å². The predicted molar refractivity (Wildman–Crippen MR) is 243 cm³/mol. The van der Waals surface area contributed by atoms with Crippen LogP contribution in [-0.4, -0.2) is 42.1 Å². The molecule has 5 heterocycles. The topological polar surface area (TPSA) is 171 Å². The Hall–Kier alpha value is -6.72. The lowest BCUT2D eigenvalue weighted by molar-refractivity contribution is -0.386. The summed E-state index contributed by atoms with van der Waals surface area (Å²) in [7, 11) is 0. The van der Waals surface area contributed by atoms with Crippen LogP contribution in [-0.2, 0) is 40.5 Å². The number of nitro groups is 1. The van der Waals surface area contributed by atoms with Crippen molar-refractivity contribution < 1.29 is 37.5 Å². The van der Waals surface area contributed by atoms with Gasteiger partial charge < -0.3 is 19.5 Å². The van der Waals surface area contributed by atoms with Gasteiger partial charge >= 0.3 is 11.7 Å². The van der Waals surface area contributed by atoms with E-state index in [4.69, 9.17) is 37.4 Å². The first-order valence-electron chi connectivity index (χ1n) is 22.1. The summed E-state index contributed by atoms with van der Waals surface area (Å²) in [5.74, 6) is -2.65. The van der Waals surface area contributed by atoms with Crippen molar-refractivity contribution in [3.05, 3.63) is 148 Å². The highest BCUT2D eigenvalue weighted by atomic mass is 35.5. The molecule has 6 aromatic rings. The number of halogens is 4. The molecule has 4 aliphatic rings. The second-order valence-electron chi connectivity index (χ2n) is 17.3. The maximum atomic E-state index is 16.0. The van der Waals surface area contributed by atoms with Crippen LogP contribution in [0.5, 0.6) is 11.5 Å². The van der Waals surface area contributed by atoms with Crippen LogP contribution in [0.15, 0.2) is 88.5 Å². The largest absolute Gasteiger partial charge is 0.474 e. The van der Waals surface area contributed by atoms with Crippen molar-refractivity contribution in [2.24, 2.45) is 11.8 Å². The molecule has 15 nitrogen and oxygen atoms in total. The molecule has 4 unspecified atom stereocenters. The number of amides is 1. The van der Waals surface area contributed by atoms with Crippen LogP contribution in [0.2, 0.25) is 10.3 Å². The Morgan fingerprint density at radius 3 is 2.19 bits per heavy atom. The fourth-order valence-corrected chi connectivity index (χ4v) is 10.5. The minimum Gasteiger partial charge on any atom is -0.474 e. The Morgan fingerprint density at radius 1 is 0.866 bits per heavy atom. The number of nitrogens with zero attached hydrogens (tertiary/aromatic N) is 5. The summed E-state index contributed by atoms with van der Waals surface area (Å²) in [5, 5.41) is 15.3. The van der Waals surface area contributed by atoms with E-state index >= 15 is 8.78 Å². The molecule has 0 bridgehead atoms. The number of fused-ring (bicyclic) bond motifs is 3. The van der Waals surface area contributed by atoms with Gasteiger partial charge in [-0.2, -0.15) is 0 Å². The summed E-state index contributed by atoms with van der Waals surface area (Å²) in [5.41, 5.74) is 0.0423.